The third-order valence-corrected chi connectivity index (χ3v) is 6.85. The van der Waals surface area contributed by atoms with E-state index in [1.54, 1.807) is 18.2 Å². The Morgan fingerprint density at radius 1 is 1.19 bits per heavy atom. The van der Waals surface area contributed by atoms with E-state index in [1.807, 2.05) is 24.3 Å². The number of morpholine rings is 1. The number of nitrogens with zero attached hydrogens (tertiary/aromatic N) is 5. The minimum absolute atomic E-state index is 0.178. The number of nitrogens with one attached hydrogen (secondary N) is 2. The summed E-state index contributed by atoms with van der Waals surface area (Å²) in [6.45, 7) is 4.95. The average molecular weight is 509 g/mol. The minimum atomic E-state index is -0.178. The molecule has 3 heterocycles. The number of thiazole rings is 1. The van der Waals surface area contributed by atoms with Crippen LogP contribution in [0.4, 0.5) is 17.6 Å². The highest BCUT2D eigenvalue weighted by Crippen LogP contribution is 2.28. The average Bonchev–Trinajstić information content (AvgIpc) is 3.49. The number of ether oxygens (including phenoxy) is 2. The molecule has 0 spiro atoms. The topological polar surface area (TPSA) is 132 Å². The fourth-order valence-corrected chi connectivity index (χ4v) is 4.91. The third-order valence-electron chi connectivity index (χ3n) is 5.84. The van der Waals surface area contributed by atoms with E-state index in [-0.39, 0.29) is 11.9 Å². The number of hydrogen-bond donors (Lipinski definition) is 3. The van der Waals surface area contributed by atoms with Gasteiger partial charge in [0.1, 0.15) is 5.75 Å². The number of benzene rings is 2. The summed E-state index contributed by atoms with van der Waals surface area (Å²) in [6.07, 6.45) is 0.873. The molecule has 2 aromatic carbocycles. The maximum absolute atomic E-state index is 12.7. The first-order chi connectivity index (χ1) is 17.6. The molecule has 1 amide bonds. The van der Waals surface area contributed by atoms with E-state index in [0.29, 0.717) is 34.6 Å². The van der Waals surface area contributed by atoms with Crippen LogP contribution in [0.1, 0.15) is 16.8 Å². The number of carbonyl (C=O) groups is 1. The van der Waals surface area contributed by atoms with Gasteiger partial charge in [-0.25, -0.2) is 4.98 Å². The molecule has 1 fully saturated rings. The maximum atomic E-state index is 12.7. The SMILES string of the molecule is COc1cc(Nc2nc(N)n(-c3nc4ccccc4s3)n2)ccc1C(=O)NCCCN1CCOCC1. The van der Waals surface area contributed by atoms with Crippen molar-refractivity contribution in [2.75, 3.05) is 57.6 Å². The lowest BCUT2D eigenvalue weighted by molar-refractivity contribution is 0.0374. The Bertz CT molecular complexity index is 1320. The van der Waals surface area contributed by atoms with Crippen molar-refractivity contribution in [1.82, 2.24) is 30.0 Å². The van der Waals surface area contributed by atoms with Crippen LogP contribution in [0.2, 0.25) is 0 Å². The highest BCUT2D eigenvalue weighted by molar-refractivity contribution is 7.20. The second-order valence-electron chi connectivity index (χ2n) is 8.27. The summed E-state index contributed by atoms with van der Waals surface area (Å²) in [5.41, 5.74) is 8.10. The maximum Gasteiger partial charge on any atom is 0.255 e. The number of rotatable bonds is 9. The molecule has 0 atom stereocenters. The van der Waals surface area contributed by atoms with Gasteiger partial charge in [-0.15, -0.1) is 5.10 Å². The second-order valence-corrected chi connectivity index (χ2v) is 9.28. The smallest absolute Gasteiger partial charge is 0.255 e. The monoisotopic (exact) mass is 508 g/mol. The predicted octanol–water partition coefficient (Wildman–Crippen LogP) is 2.66. The molecule has 4 aromatic rings. The Hall–Kier alpha value is -3.74. The fourth-order valence-electron chi connectivity index (χ4n) is 3.98. The molecule has 188 valence electrons. The van der Waals surface area contributed by atoms with E-state index >= 15 is 0 Å². The molecule has 36 heavy (non-hydrogen) atoms. The van der Waals surface area contributed by atoms with Crippen LogP contribution in [0.5, 0.6) is 5.75 Å². The van der Waals surface area contributed by atoms with Gasteiger partial charge < -0.3 is 25.8 Å². The Balaban J connectivity index is 1.22. The molecule has 4 N–H and O–H groups in total. The molecule has 0 bridgehead atoms. The largest absolute Gasteiger partial charge is 0.496 e. The highest BCUT2D eigenvalue weighted by atomic mass is 32.1. The predicted molar refractivity (Wildman–Crippen MR) is 139 cm³/mol. The van der Waals surface area contributed by atoms with Crippen LogP contribution in [-0.4, -0.2) is 77.1 Å². The summed E-state index contributed by atoms with van der Waals surface area (Å²) in [6, 6.07) is 13.1. The van der Waals surface area contributed by atoms with Crippen LogP contribution in [-0.2, 0) is 4.74 Å². The Kier molecular flexibility index (Phi) is 7.26. The summed E-state index contributed by atoms with van der Waals surface area (Å²) >= 11 is 1.48. The number of hydrogen-bond acceptors (Lipinski definition) is 10. The first-order valence-electron chi connectivity index (χ1n) is 11.7. The minimum Gasteiger partial charge on any atom is -0.496 e. The van der Waals surface area contributed by atoms with Crippen molar-refractivity contribution in [1.29, 1.82) is 0 Å². The van der Waals surface area contributed by atoms with Gasteiger partial charge in [-0.05, 0) is 37.2 Å². The number of amides is 1. The van der Waals surface area contributed by atoms with E-state index in [4.69, 9.17) is 15.2 Å². The van der Waals surface area contributed by atoms with Crippen molar-refractivity contribution >= 4 is 45.0 Å². The lowest BCUT2D eigenvalue weighted by atomic mass is 10.1. The molecule has 0 radical (unpaired) electrons. The van der Waals surface area contributed by atoms with E-state index < -0.39 is 0 Å². The van der Waals surface area contributed by atoms with Crippen molar-refractivity contribution in [3.05, 3.63) is 48.0 Å². The van der Waals surface area contributed by atoms with Crippen LogP contribution in [0.25, 0.3) is 15.3 Å². The zero-order valence-corrected chi connectivity index (χ0v) is 20.8. The molecular weight excluding hydrogens is 480 g/mol. The Labute approximate surface area is 212 Å². The molecule has 12 heteroatoms. The van der Waals surface area contributed by atoms with Crippen molar-refractivity contribution in [2.24, 2.45) is 0 Å². The highest BCUT2D eigenvalue weighted by Gasteiger charge is 2.16. The van der Waals surface area contributed by atoms with E-state index in [0.717, 1.165) is 49.5 Å². The molecule has 2 aromatic heterocycles. The third kappa shape index (κ3) is 5.40. The van der Waals surface area contributed by atoms with Crippen molar-refractivity contribution in [3.63, 3.8) is 0 Å². The summed E-state index contributed by atoms with van der Waals surface area (Å²) in [7, 11) is 1.53. The van der Waals surface area contributed by atoms with E-state index in [2.05, 4.69) is 30.6 Å². The summed E-state index contributed by atoms with van der Waals surface area (Å²) in [5, 5.41) is 11.2. The van der Waals surface area contributed by atoms with E-state index in [9.17, 15) is 4.79 Å². The summed E-state index contributed by atoms with van der Waals surface area (Å²) in [4.78, 5) is 24.0. The quantitative estimate of drug-likeness (QED) is 0.292. The number of para-hydroxylation sites is 1. The molecule has 0 saturated carbocycles. The lowest BCUT2D eigenvalue weighted by Gasteiger charge is -2.26. The standard InChI is InChI=1S/C24H28N8O3S/c1-34-19-15-16(7-8-17(19)21(33)26-9-4-10-31-11-13-35-14-12-31)27-23-29-22(25)32(30-23)24-28-18-5-2-3-6-20(18)36-24/h2-3,5-8,15H,4,9-14H2,1H3,(H,26,33)(H3,25,27,29,30). The van der Waals surface area contributed by atoms with Crippen LogP contribution >= 0.6 is 11.3 Å². The van der Waals surface area contributed by atoms with E-state index in [1.165, 1.54) is 23.1 Å². The summed E-state index contributed by atoms with van der Waals surface area (Å²) < 4.78 is 13.4. The van der Waals surface area contributed by atoms with Crippen LogP contribution in [0.15, 0.2) is 42.5 Å². The van der Waals surface area contributed by atoms with Gasteiger partial charge in [0.15, 0.2) is 0 Å². The molecule has 1 saturated heterocycles. The van der Waals surface area contributed by atoms with Gasteiger partial charge in [0.2, 0.25) is 17.0 Å². The molecular formula is C24H28N8O3S. The van der Waals surface area contributed by atoms with Gasteiger partial charge >= 0.3 is 0 Å². The zero-order chi connectivity index (χ0) is 24.9. The summed E-state index contributed by atoms with van der Waals surface area (Å²) in [5.74, 6) is 0.804. The molecule has 11 nitrogen and oxygen atoms in total. The first-order valence-corrected chi connectivity index (χ1v) is 12.5. The van der Waals surface area contributed by atoms with Gasteiger partial charge in [0.05, 0.1) is 36.1 Å². The molecule has 5 rings (SSSR count). The van der Waals surface area contributed by atoms with Gasteiger partial charge in [0.25, 0.3) is 5.91 Å². The zero-order valence-electron chi connectivity index (χ0n) is 19.9. The van der Waals surface area contributed by atoms with Gasteiger partial charge in [0, 0.05) is 31.4 Å². The first kappa shape index (κ1) is 24.0. The van der Waals surface area contributed by atoms with Crippen molar-refractivity contribution in [3.8, 4) is 10.9 Å². The number of fused-ring (bicyclic) bond motifs is 1. The molecule has 1 aliphatic rings. The normalized spacial score (nSPS) is 14.1. The van der Waals surface area contributed by atoms with Crippen molar-refractivity contribution in [2.45, 2.75) is 6.42 Å². The molecule has 0 unspecified atom stereocenters. The fraction of sp³-hybridized carbons (Fsp3) is 0.333. The number of anilines is 3. The number of carbonyl (C=O) groups excluding carboxylic acids is 1. The number of methoxy groups -OCH3 is 1. The Morgan fingerprint density at radius 3 is 2.83 bits per heavy atom. The number of nitrogens with two attached hydrogens (primary N) is 1. The van der Waals surface area contributed by atoms with Crippen LogP contribution in [0.3, 0.4) is 0 Å². The lowest BCUT2D eigenvalue weighted by Crippen LogP contribution is -2.38. The van der Waals surface area contributed by atoms with Crippen LogP contribution in [0, 0.1) is 0 Å². The molecule has 0 aliphatic carbocycles. The Morgan fingerprint density at radius 2 is 2.03 bits per heavy atom. The van der Waals surface area contributed by atoms with Crippen LogP contribution < -0.4 is 21.1 Å². The van der Waals surface area contributed by atoms with Gasteiger partial charge in [-0.1, -0.05) is 23.5 Å². The molecule has 1 aliphatic heterocycles. The number of nitrogen functional groups attached to an aromatic ring is 1. The van der Waals surface area contributed by atoms with Crippen molar-refractivity contribution < 1.29 is 14.3 Å². The van der Waals surface area contributed by atoms with Gasteiger partial charge in [-0.3, -0.25) is 9.69 Å². The van der Waals surface area contributed by atoms with Gasteiger partial charge in [-0.2, -0.15) is 9.67 Å². The second kappa shape index (κ2) is 10.9. The number of aromatic nitrogens is 4.